The number of rotatable bonds is 12. The Hall–Kier alpha value is -6.80. The summed E-state index contributed by atoms with van der Waals surface area (Å²) < 4.78 is 41.7. The molecule has 8 heterocycles. The molecule has 74 heavy (non-hydrogen) atoms. The summed E-state index contributed by atoms with van der Waals surface area (Å²) in [7, 11) is 2.58. The van der Waals surface area contributed by atoms with Crippen LogP contribution in [0.2, 0.25) is 0 Å². The highest BCUT2D eigenvalue weighted by Crippen LogP contribution is 2.54. The number of nitrogens with zero attached hydrogens (tertiary/aromatic N) is 6. The van der Waals surface area contributed by atoms with E-state index in [1.807, 2.05) is 67.6 Å². The van der Waals surface area contributed by atoms with Gasteiger partial charge in [-0.2, -0.15) is 0 Å². The monoisotopic (exact) mass is 1030 g/mol. The summed E-state index contributed by atoms with van der Waals surface area (Å²) in [5.41, 5.74) is 4.55. The number of likely N-dealkylation sites (tertiary alicyclic amines) is 2. The minimum Gasteiger partial charge on any atom is -0.462 e. The number of hydrogen-bond acceptors (Lipinski definition) is 12. The van der Waals surface area contributed by atoms with E-state index in [2.05, 4.69) is 26.7 Å². The maximum Gasteiger partial charge on any atom is 0.407 e. The van der Waals surface area contributed by atoms with Crippen LogP contribution >= 0.6 is 11.3 Å². The first kappa shape index (κ1) is 48.2. The number of H-pyrrole nitrogens is 2. The topological polar surface area (TPSA) is 211 Å². The molecule has 3 saturated heterocycles. The second-order valence-corrected chi connectivity index (χ2v) is 22.5. The molecule has 12 rings (SSSR count). The SMILES string of the molecule is COC(=O)NC(C(=O)N1[C@@H]2C[C@@H]2C[C@H]1c1ncc(-c2ccc3c(c2)cc2n3C(c3ncc(C4CC4)s3)Oc3cc(-c4cnc([C@@H]5CCCN5C(=O)[C@@H](NC(=O)OC)C(C)C)[nH]4)cc(F)c3-2)[nH]1)C1C[C@@H](C)O[C@@H](C)C1. The van der Waals surface area contributed by atoms with E-state index in [1.165, 1.54) is 25.2 Å². The first-order chi connectivity index (χ1) is 35.7. The zero-order valence-corrected chi connectivity index (χ0v) is 43.0. The minimum atomic E-state index is -0.776. The van der Waals surface area contributed by atoms with Crippen LogP contribution in [0.5, 0.6) is 5.75 Å². The molecule has 3 unspecified atom stereocenters. The van der Waals surface area contributed by atoms with Gasteiger partial charge in [0.15, 0.2) is 5.01 Å². The van der Waals surface area contributed by atoms with E-state index >= 15 is 4.39 Å². The molecular formula is C54H61FN10O8S. The Morgan fingerprint density at radius 3 is 2.26 bits per heavy atom. The van der Waals surface area contributed by atoms with Gasteiger partial charge in [-0.15, -0.1) is 11.3 Å². The number of ether oxygens (including phenoxy) is 4. The Labute approximate surface area is 431 Å². The molecule has 4 N–H and O–H groups in total. The summed E-state index contributed by atoms with van der Waals surface area (Å²) >= 11 is 1.62. The number of imidazole rings is 2. The summed E-state index contributed by atoms with van der Waals surface area (Å²) in [5.74, 6) is 1.36. The number of piperidine rings is 1. The lowest BCUT2D eigenvalue weighted by Gasteiger charge is -2.38. The maximum atomic E-state index is 17.0. The van der Waals surface area contributed by atoms with Gasteiger partial charge in [-0.3, -0.25) is 14.2 Å². The molecule has 2 aliphatic carbocycles. The zero-order chi connectivity index (χ0) is 51.3. The largest absolute Gasteiger partial charge is 0.462 e. The van der Waals surface area contributed by atoms with Crippen molar-refractivity contribution in [2.45, 2.75) is 134 Å². The lowest BCUT2D eigenvalue weighted by Crippen LogP contribution is -2.55. The fourth-order valence-electron chi connectivity index (χ4n) is 12.2. The van der Waals surface area contributed by atoms with Crippen molar-refractivity contribution in [2.24, 2.45) is 17.8 Å². The van der Waals surface area contributed by atoms with E-state index in [1.54, 1.807) is 28.6 Å². The zero-order valence-electron chi connectivity index (χ0n) is 42.2. The maximum absolute atomic E-state index is 17.0. The van der Waals surface area contributed by atoms with Crippen LogP contribution in [-0.2, 0) is 23.8 Å². The van der Waals surface area contributed by atoms with Crippen molar-refractivity contribution < 1.29 is 42.5 Å². The number of aromatic amines is 2. The number of carbonyl (C=O) groups is 4. The fraction of sp³-hybridized carbons (Fsp3) is 0.500. The molecule has 2 aromatic carbocycles. The van der Waals surface area contributed by atoms with Gasteiger partial charge in [0.2, 0.25) is 18.0 Å². The predicted octanol–water partition coefficient (Wildman–Crippen LogP) is 9.14. The molecule has 5 fully saturated rings. The average Bonchev–Trinajstić information content (AvgIpc) is 3.86. The highest BCUT2D eigenvalue weighted by Gasteiger charge is 2.57. The molecule has 0 bridgehead atoms. The van der Waals surface area contributed by atoms with Crippen LogP contribution in [0.25, 0.3) is 44.7 Å². The first-order valence-electron chi connectivity index (χ1n) is 25.9. The van der Waals surface area contributed by atoms with Crippen molar-refractivity contribution in [1.29, 1.82) is 0 Å². The Morgan fingerprint density at radius 2 is 1.54 bits per heavy atom. The van der Waals surface area contributed by atoms with Crippen molar-refractivity contribution in [3.8, 4) is 39.5 Å². The summed E-state index contributed by atoms with van der Waals surface area (Å²) in [5, 5.41) is 7.22. The van der Waals surface area contributed by atoms with Crippen LogP contribution in [0.1, 0.15) is 125 Å². The number of carbonyl (C=O) groups excluding carboxylic acids is 4. The smallest absolute Gasteiger partial charge is 0.407 e. The number of aromatic nitrogens is 6. The third-order valence-corrected chi connectivity index (χ3v) is 17.2. The third kappa shape index (κ3) is 8.66. The normalized spacial score (nSPS) is 25.7. The number of nitrogens with one attached hydrogen (secondary N) is 4. The molecule has 2 saturated carbocycles. The summed E-state index contributed by atoms with van der Waals surface area (Å²) in [4.78, 5) is 79.7. The van der Waals surface area contributed by atoms with Crippen molar-refractivity contribution in [3.05, 3.63) is 82.3 Å². The summed E-state index contributed by atoms with van der Waals surface area (Å²) in [6.45, 7) is 8.25. The van der Waals surface area contributed by atoms with Gasteiger partial charge in [0.05, 0.1) is 79.1 Å². The number of hydrogen-bond donors (Lipinski definition) is 4. The van der Waals surface area contributed by atoms with Crippen LogP contribution in [0.3, 0.4) is 0 Å². The fourth-order valence-corrected chi connectivity index (χ4v) is 13.3. The average molecular weight is 1030 g/mol. The molecule has 4 aromatic heterocycles. The van der Waals surface area contributed by atoms with E-state index in [4.69, 9.17) is 33.9 Å². The predicted molar refractivity (Wildman–Crippen MR) is 271 cm³/mol. The Kier molecular flexibility index (Phi) is 12.3. The first-order valence-corrected chi connectivity index (χ1v) is 26.8. The molecule has 6 aromatic rings. The molecule has 4 aliphatic heterocycles. The van der Waals surface area contributed by atoms with Gasteiger partial charge >= 0.3 is 12.2 Å². The van der Waals surface area contributed by atoms with Crippen LogP contribution in [0.15, 0.2) is 55.0 Å². The van der Waals surface area contributed by atoms with Gasteiger partial charge in [-0.05, 0) is 119 Å². The molecule has 10 atom stereocenters. The van der Waals surface area contributed by atoms with E-state index in [0.717, 1.165) is 59.3 Å². The number of thiazole rings is 1. The van der Waals surface area contributed by atoms with Crippen LogP contribution in [0, 0.1) is 23.6 Å². The Bertz CT molecular complexity index is 3170. The highest BCUT2D eigenvalue weighted by molar-refractivity contribution is 7.11. The molecular weight excluding hydrogens is 968 g/mol. The second-order valence-electron chi connectivity index (χ2n) is 21.4. The van der Waals surface area contributed by atoms with Crippen LogP contribution < -0.4 is 15.4 Å². The van der Waals surface area contributed by atoms with E-state index < -0.39 is 36.3 Å². The third-order valence-electron chi connectivity index (χ3n) is 16.0. The van der Waals surface area contributed by atoms with Crippen molar-refractivity contribution in [1.82, 2.24) is 49.9 Å². The van der Waals surface area contributed by atoms with Crippen molar-refractivity contribution >= 4 is 46.2 Å². The molecule has 0 radical (unpaired) electrons. The van der Waals surface area contributed by atoms with E-state index in [0.29, 0.717) is 77.6 Å². The Morgan fingerprint density at radius 1 is 0.824 bits per heavy atom. The molecule has 18 nitrogen and oxygen atoms in total. The van der Waals surface area contributed by atoms with Gasteiger partial charge in [0, 0.05) is 40.2 Å². The number of amides is 4. The quantitative estimate of drug-likeness (QED) is 0.0908. The number of fused-ring (bicyclic) bond motifs is 6. The van der Waals surface area contributed by atoms with Crippen LogP contribution in [-0.4, -0.2) is 114 Å². The Balaban J connectivity index is 0.849. The summed E-state index contributed by atoms with van der Waals surface area (Å²) in [6, 6.07) is 9.31. The number of alkyl carbamates (subject to hydrolysis) is 2. The molecule has 6 aliphatic rings. The number of methoxy groups -OCH3 is 2. The lowest BCUT2D eigenvalue weighted by atomic mass is 9.85. The second kappa shape index (κ2) is 18.8. The van der Waals surface area contributed by atoms with Gasteiger partial charge < -0.3 is 49.3 Å². The molecule has 0 spiro atoms. The minimum absolute atomic E-state index is 0.0490. The van der Waals surface area contributed by atoms with Gasteiger partial charge in [-0.25, -0.2) is 28.9 Å². The van der Waals surface area contributed by atoms with Crippen molar-refractivity contribution in [3.63, 3.8) is 0 Å². The molecule has 4 amide bonds. The summed E-state index contributed by atoms with van der Waals surface area (Å²) in [6.07, 6.45) is 9.96. The number of halogens is 1. The van der Waals surface area contributed by atoms with Crippen molar-refractivity contribution in [2.75, 3.05) is 20.8 Å². The molecule has 20 heteroatoms. The van der Waals surface area contributed by atoms with E-state index in [-0.39, 0.29) is 54.0 Å². The van der Waals surface area contributed by atoms with E-state index in [9.17, 15) is 19.2 Å². The van der Waals surface area contributed by atoms with Gasteiger partial charge in [0.1, 0.15) is 35.3 Å². The lowest BCUT2D eigenvalue weighted by molar-refractivity contribution is -0.140. The van der Waals surface area contributed by atoms with Gasteiger partial charge in [-0.1, -0.05) is 19.9 Å². The van der Waals surface area contributed by atoms with Gasteiger partial charge in [0.25, 0.3) is 0 Å². The highest BCUT2D eigenvalue weighted by atomic mass is 32.1. The molecule has 388 valence electrons. The van der Waals surface area contributed by atoms with Crippen LogP contribution in [0.4, 0.5) is 14.0 Å². The standard InChI is InChI=1S/C54H61FN10O8S/c1-25(2)45(61-53(68)70-5)50(66)63-13-7-8-38(63)47-56-23-36(60-47)30-17-34(55)44-40-19-31-16-29(11-12-37(31)65(40)52(73-42(44)21-30)49-58-24-43(74-49)28-9-10-28)35-22-57-48(59-35)41-20-32-18-39(32)64(41)51(67)46(62-54(69)71-6)33-14-26(3)72-27(4)15-33/h11-12,16-17,19,21-28,32-33,38-39,41,45-46,52H,7-10,13-15,18,20H2,1-6H3,(H,56,60)(H,57,59)(H,61,68)(H,62,69)/t26-,27+,32-,33?,38+,39-,41+,45+,46?,52?/m1/s1. The number of benzene rings is 2.